The Labute approximate surface area is 154 Å². The van der Waals surface area contributed by atoms with E-state index >= 15 is 0 Å². The first-order valence-corrected chi connectivity index (χ1v) is 8.34. The van der Waals surface area contributed by atoms with E-state index in [4.69, 9.17) is 0 Å². The third kappa shape index (κ3) is 2.87. The van der Waals surface area contributed by atoms with Gasteiger partial charge in [-0.1, -0.05) is 60.7 Å². The normalized spacial score (nSPS) is 16.9. The first-order valence-electron chi connectivity index (χ1n) is 8.34. The van der Waals surface area contributed by atoms with Crippen LogP contribution in [0.4, 0.5) is 0 Å². The van der Waals surface area contributed by atoms with Gasteiger partial charge < -0.3 is 0 Å². The van der Waals surface area contributed by atoms with Crippen molar-refractivity contribution in [3.8, 4) is 0 Å². The first kappa shape index (κ1) is 16.7. The number of imide groups is 2. The number of rotatable bonds is 4. The van der Waals surface area contributed by atoms with E-state index < -0.39 is 23.6 Å². The predicted molar refractivity (Wildman–Crippen MR) is 97.6 cm³/mol. The zero-order valence-corrected chi connectivity index (χ0v) is 14.1. The van der Waals surface area contributed by atoms with E-state index in [-0.39, 0.29) is 28.7 Å². The van der Waals surface area contributed by atoms with Gasteiger partial charge in [0, 0.05) is 17.6 Å². The van der Waals surface area contributed by atoms with E-state index in [2.05, 4.69) is 10.6 Å². The van der Waals surface area contributed by atoms with Gasteiger partial charge in [-0.3, -0.25) is 29.8 Å². The zero-order valence-electron chi connectivity index (χ0n) is 14.1. The molecule has 2 aromatic carbocycles. The van der Waals surface area contributed by atoms with Crippen molar-refractivity contribution < 1.29 is 19.2 Å². The van der Waals surface area contributed by atoms with Crippen LogP contribution in [-0.2, 0) is 19.2 Å². The SMILES string of the molecule is O=C1NC(=O)C(c2ccccc2)=C1CC1=C(c2ccccc2)C(=O)NC1=O. The number of hydrogen-bond acceptors (Lipinski definition) is 4. The Bertz CT molecular complexity index is 965. The zero-order chi connectivity index (χ0) is 19.0. The van der Waals surface area contributed by atoms with Crippen LogP contribution >= 0.6 is 0 Å². The van der Waals surface area contributed by atoms with Crippen LogP contribution in [0, 0.1) is 0 Å². The van der Waals surface area contributed by atoms with Gasteiger partial charge >= 0.3 is 0 Å². The molecule has 2 aliphatic rings. The van der Waals surface area contributed by atoms with Crippen molar-refractivity contribution in [3.63, 3.8) is 0 Å². The van der Waals surface area contributed by atoms with Gasteiger partial charge in [0.2, 0.25) is 0 Å². The maximum atomic E-state index is 12.4. The molecule has 0 radical (unpaired) electrons. The van der Waals surface area contributed by atoms with E-state index in [1.807, 2.05) is 0 Å². The second-order valence-corrected chi connectivity index (χ2v) is 6.18. The van der Waals surface area contributed by atoms with Crippen molar-refractivity contribution in [1.29, 1.82) is 0 Å². The van der Waals surface area contributed by atoms with Crippen molar-refractivity contribution in [3.05, 3.63) is 82.9 Å². The van der Waals surface area contributed by atoms with E-state index in [1.54, 1.807) is 60.7 Å². The van der Waals surface area contributed by atoms with E-state index in [0.717, 1.165) is 0 Å². The number of hydrogen-bond donors (Lipinski definition) is 2. The van der Waals surface area contributed by atoms with Crippen LogP contribution in [0.2, 0.25) is 0 Å². The summed E-state index contributed by atoms with van der Waals surface area (Å²) < 4.78 is 0. The molecular formula is C21H14N2O4. The van der Waals surface area contributed by atoms with Crippen LogP contribution in [-0.4, -0.2) is 23.6 Å². The Morgan fingerprint density at radius 1 is 0.519 bits per heavy atom. The summed E-state index contributed by atoms with van der Waals surface area (Å²) in [6.45, 7) is 0. The molecule has 2 heterocycles. The molecule has 0 fully saturated rings. The summed E-state index contributed by atoms with van der Waals surface area (Å²) in [5, 5.41) is 4.56. The van der Waals surface area contributed by atoms with Crippen LogP contribution in [0.1, 0.15) is 17.5 Å². The number of carbonyl (C=O) groups excluding carboxylic acids is 4. The maximum Gasteiger partial charge on any atom is 0.259 e. The Balaban J connectivity index is 1.85. The maximum absolute atomic E-state index is 12.4. The Morgan fingerprint density at radius 3 is 1.26 bits per heavy atom. The van der Waals surface area contributed by atoms with Crippen LogP contribution in [0.25, 0.3) is 11.1 Å². The molecular weight excluding hydrogens is 344 g/mol. The molecule has 0 unspecified atom stereocenters. The monoisotopic (exact) mass is 358 g/mol. The molecule has 0 spiro atoms. The van der Waals surface area contributed by atoms with Crippen molar-refractivity contribution in [1.82, 2.24) is 10.6 Å². The average Bonchev–Trinajstić information content (AvgIpc) is 3.11. The van der Waals surface area contributed by atoms with Gasteiger partial charge in [0.15, 0.2) is 0 Å². The fourth-order valence-corrected chi connectivity index (χ4v) is 3.32. The smallest absolute Gasteiger partial charge is 0.259 e. The van der Waals surface area contributed by atoms with E-state index in [9.17, 15) is 19.2 Å². The Hall–Kier alpha value is -3.80. The molecule has 0 aromatic heterocycles. The molecule has 4 amide bonds. The highest BCUT2D eigenvalue weighted by atomic mass is 16.2. The third-order valence-electron chi connectivity index (χ3n) is 4.54. The van der Waals surface area contributed by atoms with Crippen molar-refractivity contribution >= 4 is 34.8 Å². The molecule has 0 bridgehead atoms. The van der Waals surface area contributed by atoms with Crippen molar-refractivity contribution in [2.24, 2.45) is 0 Å². The number of benzene rings is 2. The molecule has 0 saturated heterocycles. The van der Waals surface area contributed by atoms with E-state index in [1.165, 1.54) is 0 Å². The molecule has 6 heteroatoms. The summed E-state index contributed by atoms with van der Waals surface area (Å²) in [7, 11) is 0. The highest BCUT2D eigenvalue weighted by Gasteiger charge is 2.37. The quantitative estimate of drug-likeness (QED) is 0.812. The molecule has 2 N–H and O–H groups in total. The largest absolute Gasteiger partial charge is 0.288 e. The van der Waals surface area contributed by atoms with Gasteiger partial charge in [-0.25, -0.2) is 0 Å². The lowest BCUT2D eigenvalue weighted by atomic mass is 9.93. The molecule has 0 aliphatic carbocycles. The Morgan fingerprint density at radius 2 is 0.889 bits per heavy atom. The Kier molecular flexibility index (Phi) is 4.01. The molecule has 132 valence electrons. The average molecular weight is 358 g/mol. The topological polar surface area (TPSA) is 92.3 Å². The summed E-state index contributed by atoms with van der Waals surface area (Å²) in [5.41, 5.74) is 1.99. The van der Waals surface area contributed by atoms with E-state index in [0.29, 0.717) is 11.1 Å². The van der Waals surface area contributed by atoms with Gasteiger partial charge in [0.25, 0.3) is 23.6 Å². The van der Waals surface area contributed by atoms with Gasteiger partial charge in [0.1, 0.15) is 0 Å². The van der Waals surface area contributed by atoms with Crippen molar-refractivity contribution in [2.45, 2.75) is 6.42 Å². The minimum atomic E-state index is -0.550. The molecule has 6 nitrogen and oxygen atoms in total. The van der Waals surface area contributed by atoms with Gasteiger partial charge in [-0.2, -0.15) is 0 Å². The summed E-state index contributed by atoms with van der Waals surface area (Å²) in [4.78, 5) is 49.3. The molecule has 2 aromatic rings. The van der Waals surface area contributed by atoms with Crippen LogP contribution in [0.15, 0.2) is 71.8 Å². The second-order valence-electron chi connectivity index (χ2n) is 6.18. The lowest BCUT2D eigenvalue weighted by Gasteiger charge is -2.06. The lowest BCUT2D eigenvalue weighted by molar-refractivity contribution is -0.124. The van der Waals surface area contributed by atoms with Gasteiger partial charge in [-0.15, -0.1) is 0 Å². The highest BCUT2D eigenvalue weighted by Crippen LogP contribution is 2.33. The lowest BCUT2D eigenvalue weighted by Crippen LogP contribution is -2.24. The first-order chi connectivity index (χ1) is 13.1. The van der Waals surface area contributed by atoms with Crippen molar-refractivity contribution in [2.75, 3.05) is 0 Å². The second kappa shape index (κ2) is 6.49. The fourth-order valence-electron chi connectivity index (χ4n) is 3.32. The molecule has 4 rings (SSSR count). The molecule has 0 saturated carbocycles. The minimum absolute atomic E-state index is 0.108. The summed E-state index contributed by atoms with van der Waals surface area (Å²) in [6.07, 6.45) is -0.108. The summed E-state index contributed by atoms with van der Waals surface area (Å²) in [6, 6.07) is 17.5. The predicted octanol–water partition coefficient (Wildman–Crippen LogP) is 1.60. The number of amides is 4. The third-order valence-corrected chi connectivity index (χ3v) is 4.54. The minimum Gasteiger partial charge on any atom is -0.288 e. The molecule has 2 aliphatic heterocycles. The van der Waals surface area contributed by atoms with Crippen LogP contribution in [0.5, 0.6) is 0 Å². The van der Waals surface area contributed by atoms with Gasteiger partial charge in [-0.05, 0) is 11.1 Å². The summed E-state index contributed by atoms with van der Waals surface area (Å²) >= 11 is 0. The molecule has 0 atom stereocenters. The number of nitrogens with one attached hydrogen (secondary N) is 2. The standard InChI is InChI=1S/C21H14N2O4/c24-18-14(16(20(26)22-18)12-7-3-1-4-8-12)11-15-17(21(27)23-19(15)25)13-9-5-2-6-10-13/h1-10H,11H2,(H,22,24,26)(H,23,25,27). The number of carbonyl (C=O) groups is 4. The highest BCUT2D eigenvalue weighted by molar-refractivity contribution is 6.39. The van der Waals surface area contributed by atoms with Gasteiger partial charge in [0.05, 0.1) is 11.1 Å². The fraction of sp³-hybridized carbons (Fsp3) is 0.0476. The molecule has 27 heavy (non-hydrogen) atoms. The van der Waals surface area contributed by atoms with Crippen LogP contribution < -0.4 is 10.6 Å². The summed E-state index contributed by atoms with van der Waals surface area (Å²) in [5.74, 6) is -2.11. The van der Waals surface area contributed by atoms with Crippen LogP contribution in [0.3, 0.4) is 0 Å².